The Hall–Kier alpha value is -2.92. The third kappa shape index (κ3) is 3.52. The van der Waals surface area contributed by atoms with Gasteiger partial charge >= 0.3 is 6.18 Å². The lowest BCUT2D eigenvalue weighted by atomic mass is 10.1. The standard InChI is InChI=1S/C16H9F3N4S/c1-20-12-4-2-3-10(5-12)14-9-24-15(23-14)22-13-6-11(7-21-8-13)16(17,18)19/h2-9H,(H,22,23). The van der Waals surface area contributed by atoms with Crippen LogP contribution in [0.4, 0.5) is 29.7 Å². The third-order valence-corrected chi connectivity index (χ3v) is 3.85. The van der Waals surface area contributed by atoms with Crippen molar-refractivity contribution >= 4 is 27.8 Å². The number of hydrogen-bond acceptors (Lipinski definition) is 4. The van der Waals surface area contributed by atoms with Gasteiger partial charge in [-0.05, 0) is 17.7 Å². The van der Waals surface area contributed by atoms with E-state index in [1.165, 1.54) is 17.5 Å². The van der Waals surface area contributed by atoms with E-state index >= 15 is 0 Å². The van der Waals surface area contributed by atoms with Crippen LogP contribution in [-0.4, -0.2) is 9.97 Å². The lowest BCUT2D eigenvalue weighted by Gasteiger charge is -2.08. The first-order chi connectivity index (χ1) is 11.5. The van der Waals surface area contributed by atoms with Crippen LogP contribution < -0.4 is 5.32 Å². The average molecular weight is 346 g/mol. The van der Waals surface area contributed by atoms with E-state index in [2.05, 4.69) is 20.1 Å². The summed E-state index contributed by atoms with van der Waals surface area (Å²) < 4.78 is 38.1. The molecule has 0 aliphatic heterocycles. The van der Waals surface area contributed by atoms with Crippen LogP contribution in [0.1, 0.15) is 5.56 Å². The van der Waals surface area contributed by atoms with Gasteiger partial charge in [-0.2, -0.15) is 13.2 Å². The van der Waals surface area contributed by atoms with Gasteiger partial charge in [-0.25, -0.2) is 9.83 Å². The van der Waals surface area contributed by atoms with E-state index in [-0.39, 0.29) is 5.69 Å². The molecule has 0 saturated heterocycles. The summed E-state index contributed by atoms with van der Waals surface area (Å²) in [7, 11) is 0. The molecule has 8 heteroatoms. The number of aromatic nitrogens is 2. The number of anilines is 2. The fourth-order valence-corrected chi connectivity index (χ4v) is 2.73. The number of thiazole rings is 1. The number of alkyl halides is 3. The largest absolute Gasteiger partial charge is 0.417 e. The molecule has 3 aromatic rings. The van der Waals surface area contributed by atoms with E-state index in [1.807, 2.05) is 6.07 Å². The van der Waals surface area contributed by atoms with Crippen molar-refractivity contribution in [2.24, 2.45) is 0 Å². The van der Waals surface area contributed by atoms with Gasteiger partial charge in [0.2, 0.25) is 0 Å². The summed E-state index contributed by atoms with van der Waals surface area (Å²) in [5, 5.41) is 5.03. The van der Waals surface area contributed by atoms with Crippen molar-refractivity contribution in [1.29, 1.82) is 0 Å². The highest BCUT2D eigenvalue weighted by Gasteiger charge is 2.31. The molecule has 1 N–H and O–H groups in total. The summed E-state index contributed by atoms with van der Waals surface area (Å²) in [5.41, 5.74) is 1.30. The predicted molar refractivity (Wildman–Crippen MR) is 86.3 cm³/mol. The van der Waals surface area contributed by atoms with Crippen LogP contribution in [-0.2, 0) is 6.18 Å². The topological polar surface area (TPSA) is 42.2 Å². The molecule has 0 bridgehead atoms. The molecule has 2 heterocycles. The lowest BCUT2D eigenvalue weighted by Crippen LogP contribution is -2.06. The molecule has 3 rings (SSSR count). The second kappa shape index (κ2) is 6.29. The van der Waals surface area contributed by atoms with Gasteiger partial charge in [-0.1, -0.05) is 18.2 Å². The first-order valence-corrected chi connectivity index (χ1v) is 7.56. The predicted octanol–water partition coefficient (Wildman–Crippen LogP) is 5.52. The van der Waals surface area contributed by atoms with E-state index < -0.39 is 11.7 Å². The molecule has 4 nitrogen and oxygen atoms in total. The van der Waals surface area contributed by atoms with Crippen LogP contribution >= 0.6 is 11.3 Å². The zero-order valence-corrected chi connectivity index (χ0v) is 12.8. The summed E-state index contributed by atoms with van der Waals surface area (Å²) in [5.74, 6) is 0. The van der Waals surface area contributed by atoms with Crippen molar-refractivity contribution in [3.63, 3.8) is 0 Å². The van der Waals surface area contributed by atoms with Crippen LogP contribution in [0.25, 0.3) is 16.1 Å². The Balaban J connectivity index is 1.83. The minimum Gasteiger partial charge on any atom is -0.330 e. The summed E-state index contributed by atoms with van der Waals surface area (Å²) >= 11 is 1.26. The van der Waals surface area contributed by atoms with Gasteiger partial charge in [0.25, 0.3) is 0 Å². The van der Waals surface area contributed by atoms with Crippen molar-refractivity contribution in [3.05, 3.63) is 65.1 Å². The summed E-state index contributed by atoms with van der Waals surface area (Å²) in [6.45, 7) is 7.02. The lowest BCUT2D eigenvalue weighted by molar-refractivity contribution is -0.137. The summed E-state index contributed by atoms with van der Waals surface area (Å²) in [6.07, 6.45) is -2.37. The molecule has 0 radical (unpaired) electrons. The maximum absolute atomic E-state index is 12.7. The third-order valence-electron chi connectivity index (χ3n) is 3.09. The maximum atomic E-state index is 12.7. The molecule has 1 aromatic carbocycles. The highest BCUT2D eigenvalue weighted by Crippen LogP contribution is 2.32. The number of hydrogen-bond donors (Lipinski definition) is 1. The van der Waals surface area contributed by atoms with Gasteiger partial charge in [-0.3, -0.25) is 4.98 Å². The van der Waals surface area contributed by atoms with E-state index in [4.69, 9.17) is 6.57 Å². The molecule has 2 aromatic heterocycles. The zero-order valence-electron chi connectivity index (χ0n) is 12.0. The Bertz CT molecular complexity index is 912. The molecule has 0 spiro atoms. The molecular formula is C16H9F3N4S. The minimum absolute atomic E-state index is 0.209. The molecule has 0 saturated carbocycles. The minimum atomic E-state index is -4.45. The number of rotatable bonds is 3. The Morgan fingerprint density at radius 2 is 2.00 bits per heavy atom. The number of nitrogens with one attached hydrogen (secondary N) is 1. The van der Waals surface area contributed by atoms with Crippen LogP contribution in [0, 0.1) is 6.57 Å². The fourth-order valence-electron chi connectivity index (χ4n) is 1.99. The molecule has 0 fully saturated rings. The Morgan fingerprint density at radius 3 is 2.75 bits per heavy atom. The smallest absolute Gasteiger partial charge is 0.330 e. The SMILES string of the molecule is [C-]#[N+]c1cccc(-c2csc(Nc3cncc(C(F)(F)F)c3)n2)c1. The molecule has 0 atom stereocenters. The van der Waals surface area contributed by atoms with Gasteiger partial charge in [0.05, 0.1) is 29.7 Å². The van der Waals surface area contributed by atoms with Crippen molar-refractivity contribution in [3.8, 4) is 11.3 Å². The van der Waals surface area contributed by atoms with Gasteiger partial charge in [-0.15, -0.1) is 11.3 Å². The second-order valence-electron chi connectivity index (χ2n) is 4.79. The Morgan fingerprint density at radius 1 is 1.17 bits per heavy atom. The monoisotopic (exact) mass is 346 g/mol. The Kier molecular flexibility index (Phi) is 4.18. The zero-order chi connectivity index (χ0) is 17.2. The number of pyridine rings is 1. The van der Waals surface area contributed by atoms with Crippen LogP contribution in [0.2, 0.25) is 0 Å². The van der Waals surface area contributed by atoms with Crippen molar-refractivity contribution < 1.29 is 13.2 Å². The molecular weight excluding hydrogens is 337 g/mol. The maximum Gasteiger partial charge on any atom is 0.417 e. The molecule has 0 unspecified atom stereocenters. The normalized spacial score (nSPS) is 11.1. The van der Waals surface area contributed by atoms with Gasteiger partial charge < -0.3 is 5.32 Å². The molecule has 24 heavy (non-hydrogen) atoms. The van der Waals surface area contributed by atoms with E-state index in [0.29, 0.717) is 16.5 Å². The fraction of sp³-hybridized carbons (Fsp3) is 0.0625. The highest BCUT2D eigenvalue weighted by atomic mass is 32.1. The first kappa shape index (κ1) is 16.0. The van der Waals surface area contributed by atoms with Crippen molar-refractivity contribution in [2.75, 3.05) is 5.32 Å². The number of halogens is 3. The van der Waals surface area contributed by atoms with Crippen LogP contribution in [0.5, 0.6) is 0 Å². The molecule has 120 valence electrons. The average Bonchev–Trinajstić information content (AvgIpc) is 3.03. The van der Waals surface area contributed by atoms with Crippen molar-refractivity contribution in [2.45, 2.75) is 6.18 Å². The van der Waals surface area contributed by atoms with Crippen LogP contribution in [0.3, 0.4) is 0 Å². The highest BCUT2D eigenvalue weighted by molar-refractivity contribution is 7.14. The summed E-state index contributed by atoms with van der Waals surface area (Å²) in [6, 6.07) is 7.95. The van der Waals surface area contributed by atoms with E-state index in [9.17, 15) is 13.2 Å². The van der Waals surface area contributed by atoms with E-state index in [0.717, 1.165) is 17.8 Å². The number of benzene rings is 1. The molecule has 0 aliphatic rings. The van der Waals surface area contributed by atoms with Gasteiger partial charge in [0.15, 0.2) is 10.8 Å². The molecule has 0 aliphatic carbocycles. The van der Waals surface area contributed by atoms with E-state index in [1.54, 1.807) is 23.6 Å². The summed E-state index contributed by atoms with van der Waals surface area (Å²) in [4.78, 5) is 11.3. The number of nitrogens with zero attached hydrogens (tertiary/aromatic N) is 3. The molecule has 0 amide bonds. The van der Waals surface area contributed by atoms with Gasteiger partial charge in [0, 0.05) is 11.6 Å². The second-order valence-corrected chi connectivity index (χ2v) is 5.64. The van der Waals surface area contributed by atoms with Gasteiger partial charge in [0.1, 0.15) is 0 Å². The first-order valence-electron chi connectivity index (χ1n) is 6.68. The van der Waals surface area contributed by atoms with Crippen LogP contribution in [0.15, 0.2) is 48.1 Å². The Labute approximate surface area is 139 Å². The van der Waals surface area contributed by atoms with Crippen molar-refractivity contribution in [1.82, 2.24) is 9.97 Å². The quantitative estimate of drug-likeness (QED) is 0.635.